The first-order valence-electron chi connectivity index (χ1n) is 10.0. The number of amides is 1. The molecule has 0 spiro atoms. The van der Waals surface area contributed by atoms with Gasteiger partial charge in [-0.1, -0.05) is 11.2 Å². The second-order valence-corrected chi connectivity index (χ2v) is 7.81. The quantitative estimate of drug-likeness (QED) is 0.584. The molecule has 1 aromatic heterocycles. The monoisotopic (exact) mass is 442 g/mol. The lowest BCUT2D eigenvalue weighted by atomic mass is 9.91. The van der Waals surface area contributed by atoms with Gasteiger partial charge in [0.05, 0.1) is 19.3 Å². The van der Waals surface area contributed by atoms with Gasteiger partial charge in [-0.2, -0.15) is 0 Å². The number of rotatable bonds is 5. The van der Waals surface area contributed by atoms with Crippen molar-refractivity contribution in [2.45, 2.75) is 18.8 Å². The van der Waals surface area contributed by atoms with E-state index in [-0.39, 0.29) is 24.2 Å². The lowest BCUT2D eigenvalue weighted by Crippen LogP contribution is -2.44. The predicted octanol–water partition coefficient (Wildman–Crippen LogP) is 3.67. The Kier molecular flexibility index (Phi) is 6.31. The molecular weight excluding hydrogens is 419 g/mol. The van der Waals surface area contributed by atoms with Crippen LogP contribution in [0, 0.1) is 5.82 Å². The summed E-state index contributed by atoms with van der Waals surface area (Å²) in [6.07, 6.45) is 1.55. The van der Waals surface area contributed by atoms with Crippen LogP contribution in [0.4, 0.5) is 10.1 Å². The minimum atomic E-state index is -0.345. The van der Waals surface area contributed by atoms with Crippen molar-refractivity contribution in [3.63, 3.8) is 0 Å². The third-order valence-electron chi connectivity index (χ3n) is 5.42. The van der Waals surface area contributed by atoms with Crippen LogP contribution < -0.4 is 15.4 Å². The predicted molar refractivity (Wildman–Crippen MR) is 120 cm³/mol. The number of ether oxygens (including phenoxy) is 1. The summed E-state index contributed by atoms with van der Waals surface area (Å²) in [4.78, 5) is 14.4. The molecule has 1 amide bonds. The molecule has 2 N–H and O–H groups in total. The van der Waals surface area contributed by atoms with E-state index in [1.165, 1.54) is 12.1 Å². The van der Waals surface area contributed by atoms with Crippen molar-refractivity contribution in [1.29, 1.82) is 0 Å². The van der Waals surface area contributed by atoms with E-state index in [0.29, 0.717) is 23.8 Å². The Labute approximate surface area is 184 Å². The molecule has 0 bridgehead atoms. The van der Waals surface area contributed by atoms with Crippen LogP contribution in [0.2, 0.25) is 0 Å². The molecule has 0 saturated carbocycles. The molecule has 1 aliphatic heterocycles. The molecule has 2 heterocycles. The van der Waals surface area contributed by atoms with Crippen molar-refractivity contribution in [3.05, 3.63) is 54.0 Å². The van der Waals surface area contributed by atoms with Crippen molar-refractivity contribution < 1.29 is 18.4 Å². The number of benzene rings is 2. The van der Waals surface area contributed by atoms with E-state index in [4.69, 9.17) is 21.5 Å². The zero-order chi connectivity index (χ0) is 21.8. The Bertz CT molecular complexity index is 1100. The molecule has 0 atom stereocenters. The van der Waals surface area contributed by atoms with Crippen LogP contribution in [-0.2, 0) is 4.79 Å². The Morgan fingerprint density at radius 2 is 2.10 bits per heavy atom. The maximum absolute atomic E-state index is 13.4. The summed E-state index contributed by atoms with van der Waals surface area (Å²) in [5.41, 5.74) is 2.07. The highest BCUT2D eigenvalue weighted by atomic mass is 32.1. The highest BCUT2D eigenvalue weighted by molar-refractivity contribution is 7.80. The van der Waals surface area contributed by atoms with Gasteiger partial charge in [-0.05, 0) is 49.3 Å². The van der Waals surface area contributed by atoms with Gasteiger partial charge in [0.1, 0.15) is 11.6 Å². The number of likely N-dealkylation sites (tertiary alicyclic amines) is 1. The van der Waals surface area contributed by atoms with Crippen molar-refractivity contribution in [2.75, 3.05) is 32.1 Å². The van der Waals surface area contributed by atoms with Gasteiger partial charge in [0, 0.05) is 42.2 Å². The number of anilines is 1. The van der Waals surface area contributed by atoms with Gasteiger partial charge in [-0.25, -0.2) is 4.39 Å². The zero-order valence-corrected chi connectivity index (χ0v) is 17.9. The molecule has 1 aliphatic rings. The molecule has 2 aromatic carbocycles. The molecule has 162 valence electrons. The maximum Gasteiger partial charge on any atom is 0.241 e. The number of thiocarbonyl (C=S) groups is 1. The minimum Gasteiger partial charge on any atom is -0.497 e. The normalized spacial score (nSPS) is 14.5. The number of fused-ring (bicyclic) bond motifs is 1. The maximum atomic E-state index is 13.4. The first-order valence-corrected chi connectivity index (χ1v) is 10.5. The first kappa shape index (κ1) is 21.0. The number of aromatic nitrogens is 1. The molecule has 0 unspecified atom stereocenters. The van der Waals surface area contributed by atoms with Crippen LogP contribution in [0.1, 0.15) is 24.5 Å². The number of carbonyl (C=O) groups is 1. The van der Waals surface area contributed by atoms with Crippen molar-refractivity contribution >= 4 is 39.9 Å². The number of methoxy groups -OCH3 is 1. The third kappa shape index (κ3) is 4.93. The molecule has 0 radical (unpaired) electrons. The van der Waals surface area contributed by atoms with Crippen molar-refractivity contribution in [2.24, 2.45) is 0 Å². The summed E-state index contributed by atoms with van der Waals surface area (Å²) >= 11 is 5.28. The van der Waals surface area contributed by atoms with E-state index >= 15 is 0 Å². The van der Waals surface area contributed by atoms with Crippen molar-refractivity contribution in [3.8, 4) is 5.75 Å². The largest absolute Gasteiger partial charge is 0.497 e. The van der Waals surface area contributed by atoms with Gasteiger partial charge < -0.3 is 24.8 Å². The van der Waals surface area contributed by atoms with E-state index in [9.17, 15) is 9.18 Å². The average Bonchev–Trinajstić information content (AvgIpc) is 3.20. The molecule has 31 heavy (non-hydrogen) atoms. The number of halogens is 1. The lowest BCUT2D eigenvalue weighted by Gasteiger charge is -2.31. The second-order valence-electron chi connectivity index (χ2n) is 7.40. The van der Waals surface area contributed by atoms with Gasteiger partial charge in [0.25, 0.3) is 0 Å². The summed E-state index contributed by atoms with van der Waals surface area (Å²) in [5.74, 6) is 0.540. The number of hydrogen-bond donors (Lipinski definition) is 2. The van der Waals surface area contributed by atoms with Gasteiger partial charge in [0.15, 0.2) is 10.7 Å². The van der Waals surface area contributed by atoms with Crippen LogP contribution in [-0.4, -0.2) is 47.8 Å². The standard InChI is InChI=1S/C22H23FN4O3S/c1-29-17-4-2-3-16(12-17)25-22(31)24-13-20(28)27-9-7-14(8-10-27)21-18-6-5-15(23)11-19(18)30-26-21/h2-6,11-12,14H,7-10,13H2,1H3,(H2,24,25,31). The average molecular weight is 443 g/mol. The highest BCUT2D eigenvalue weighted by Crippen LogP contribution is 2.32. The summed E-state index contributed by atoms with van der Waals surface area (Å²) in [5, 5.41) is 11.4. The molecule has 7 nitrogen and oxygen atoms in total. The van der Waals surface area contributed by atoms with Gasteiger partial charge in [-0.15, -0.1) is 0 Å². The summed E-state index contributed by atoms with van der Waals surface area (Å²) in [6.45, 7) is 1.36. The summed E-state index contributed by atoms with van der Waals surface area (Å²) in [7, 11) is 1.60. The summed E-state index contributed by atoms with van der Waals surface area (Å²) < 4.78 is 23.8. The van der Waals surface area contributed by atoms with E-state index in [0.717, 1.165) is 35.4 Å². The number of carbonyl (C=O) groups excluding carboxylic acids is 1. The van der Waals surface area contributed by atoms with Crippen molar-refractivity contribution in [1.82, 2.24) is 15.4 Å². The Morgan fingerprint density at radius 1 is 1.29 bits per heavy atom. The van der Waals surface area contributed by atoms with E-state index < -0.39 is 0 Å². The van der Waals surface area contributed by atoms with E-state index in [1.807, 2.05) is 29.2 Å². The summed E-state index contributed by atoms with van der Waals surface area (Å²) in [6, 6.07) is 11.8. The molecular formula is C22H23FN4O3S. The molecule has 0 aliphatic carbocycles. The fourth-order valence-corrected chi connectivity index (χ4v) is 3.96. The first-order chi connectivity index (χ1) is 15.0. The number of nitrogens with one attached hydrogen (secondary N) is 2. The molecule has 1 saturated heterocycles. The molecule has 3 aromatic rings. The fraction of sp³-hybridized carbons (Fsp3) is 0.318. The fourth-order valence-electron chi connectivity index (χ4n) is 3.77. The molecule has 1 fully saturated rings. The highest BCUT2D eigenvalue weighted by Gasteiger charge is 2.27. The molecule has 4 rings (SSSR count). The minimum absolute atomic E-state index is 0.0136. The second kappa shape index (κ2) is 9.30. The lowest BCUT2D eigenvalue weighted by molar-refractivity contribution is -0.131. The van der Waals surface area contributed by atoms with Crippen LogP contribution in [0.15, 0.2) is 47.0 Å². The van der Waals surface area contributed by atoms with E-state index in [2.05, 4.69) is 15.8 Å². The Balaban J connectivity index is 1.26. The van der Waals surface area contributed by atoms with Gasteiger partial charge >= 0.3 is 0 Å². The SMILES string of the molecule is COc1cccc(NC(=S)NCC(=O)N2CCC(c3noc4cc(F)ccc34)CC2)c1. The number of piperidine rings is 1. The molecule has 9 heteroatoms. The third-order valence-corrected chi connectivity index (χ3v) is 5.67. The topological polar surface area (TPSA) is 79.6 Å². The smallest absolute Gasteiger partial charge is 0.241 e. The van der Waals surface area contributed by atoms with Gasteiger partial charge in [0.2, 0.25) is 5.91 Å². The Morgan fingerprint density at radius 3 is 2.87 bits per heavy atom. The Hall–Kier alpha value is -3.20. The van der Waals surface area contributed by atoms with Crippen LogP contribution in [0.25, 0.3) is 11.0 Å². The zero-order valence-electron chi connectivity index (χ0n) is 17.1. The number of nitrogens with zero attached hydrogens (tertiary/aromatic N) is 2. The van der Waals surface area contributed by atoms with Gasteiger partial charge in [-0.3, -0.25) is 4.79 Å². The van der Waals surface area contributed by atoms with Crippen LogP contribution >= 0.6 is 12.2 Å². The van der Waals surface area contributed by atoms with Crippen LogP contribution in [0.3, 0.4) is 0 Å². The van der Waals surface area contributed by atoms with E-state index in [1.54, 1.807) is 13.2 Å². The van der Waals surface area contributed by atoms with Crippen LogP contribution in [0.5, 0.6) is 5.75 Å². The number of hydrogen-bond acceptors (Lipinski definition) is 5.